The highest BCUT2D eigenvalue weighted by molar-refractivity contribution is 5.67. The molecule has 19 heavy (non-hydrogen) atoms. The van der Waals surface area contributed by atoms with Crippen molar-refractivity contribution in [3.63, 3.8) is 0 Å². The quantitative estimate of drug-likeness (QED) is 0.712. The first-order valence-corrected chi connectivity index (χ1v) is 6.73. The molecule has 2 N–H and O–H groups in total. The van der Waals surface area contributed by atoms with Crippen LogP contribution >= 0.6 is 0 Å². The number of carbonyl (C=O) groups is 1. The van der Waals surface area contributed by atoms with Gasteiger partial charge in [0.25, 0.3) is 0 Å². The number of halogens is 1. The second-order valence-corrected chi connectivity index (χ2v) is 4.89. The lowest BCUT2D eigenvalue weighted by molar-refractivity contribution is -0.137. The normalized spacial score (nSPS) is 12.4. The number of hydrogen-bond donors (Lipinski definition) is 2. The van der Waals surface area contributed by atoms with E-state index in [9.17, 15) is 9.18 Å². The van der Waals surface area contributed by atoms with Crippen LogP contribution in [0.2, 0.25) is 0 Å². The van der Waals surface area contributed by atoms with E-state index in [1.165, 1.54) is 6.07 Å². The van der Waals surface area contributed by atoms with E-state index in [4.69, 9.17) is 5.11 Å². The van der Waals surface area contributed by atoms with Crippen molar-refractivity contribution < 1.29 is 14.3 Å². The maximum absolute atomic E-state index is 13.2. The average Bonchev–Trinajstić information content (AvgIpc) is 2.33. The van der Waals surface area contributed by atoms with E-state index in [0.29, 0.717) is 12.0 Å². The summed E-state index contributed by atoms with van der Waals surface area (Å²) in [5.74, 6) is -1.04. The minimum Gasteiger partial charge on any atom is -0.481 e. The lowest BCUT2D eigenvalue weighted by Crippen LogP contribution is -2.34. The predicted octanol–water partition coefficient (Wildman–Crippen LogP) is 2.91. The Morgan fingerprint density at radius 1 is 1.47 bits per heavy atom. The van der Waals surface area contributed by atoms with Crippen molar-refractivity contribution in [3.8, 4) is 0 Å². The van der Waals surface area contributed by atoms with Crippen LogP contribution in [0, 0.1) is 12.7 Å². The van der Waals surface area contributed by atoms with Crippen LogP contribution < -0.4 is 5.32 Å². The second kappa shape index (κ2) is 7.89. The van der Waals surface area contributed by atoms with Crippen molar-refractivity contribution >= 4 is 5.97 Å². The van der Waals surface area contributed by atoms with Gasteiger partial charge in [0.05, 0.1) is 6.42 Å². The van der Waals surface area contributed by atoms with Crippen molar-refractivity contribution in [2.24, 2.45) is 0 Å². The maximum atomic E-state index is 13.2. The molecule has 0 heterocycles. The molecule has 0 aliphatic rings. The van der Waals surface area contributed by atoms with Crippen molar-refractivity contribution in [1.29, 1.82) is 0 Å². The van der Waals surface area contributed by atoms with Crippen LogP contribution in [0.3, 0.4) is 0 Å². The van der Waals surface area contributed by atoms with E-state index in [0.717, 1.165) is 24.9 Å². The van der Waals surface area contributed by atoms with Gasteiger partial charge in [-0.1, -0.05) is 25.5 Å². The topological polar surface area (TPSA) is 49.3 Å². The molecule has 1 atom stereocenters. The molecule has 1 rings (SSSR count). The molecule has 1 aromatic rings. The molecule has 106 valence electrons. The van der Waals surface area contributed by atoms with Crippen LogP contribution in [0.5, 0.6) is 0 Å². The van der Waals surface area contributed by atoms with E-state index >= 15 is 0 Å². The van der Waals surface area contributed by atoms with Gasteiger partial charge in [0.15, 0.2) is 0 Å². The molecule has 0 radical (unpaired) electrons. The average molecular weight is 267 g/mol. The smallest absolute Gasteiger partial charge is 0.304 e. The fraction of sp³-hybridized carbons (Fsp3) is 0.533. The summed E-state index contributed by atoms with van der Waals surface area (Å²) in [7, 11) is 0. The summed E-state index contributed by atoms with van der Waals surface area (Å²) in [5, 5.41) is 12.2. The highest BCUT2D eigenvalue weighted by Crippen LogP contribution is 2.12. The number of carboxylic acid groups (broad SMARTS) is 1. The Bertz CT molecular complexity index is 421. The largest absolute Gasteiger partial charge is 0.481 e. The van der Waals surface area contributed by atoms with Gasteiger partial charge in [-0.3, -0.25) is 4.79 Å². The third-order valence-corrected chi connectivity index (χ3v) is 3.09. The third kappa shape index (κ3) is 5.83. The number of hydrogen-bond acceptors (Lipinski definition) is 2. The number of carboxylic acids is 1. The Morgan fingerprint density at radius 3 is 2.79 bits per heavy atom. The summed E-state index contributed by atoms with van der Waals surface area (Å²) in [5.41, 5.74) is 1.56. The molecule has 1 unspecified atom stereocenters. The minimum absolute atomic E-state index is 0.0835. The standard InChI is InChI=1S/C15H22FNO2/c1-3-4-7-17-13(10-15(18)19)9-12-5-6-14(16)11(2)8-12/h5-6,8,13,17H,3-4,7,9-10H2,1-2H3,(H,18,19). The number of rotatable bonds is 8. The van der Waals surface area contributed by atoms with Gasteiger partial charge in [-0.15, -0.1) is 0 Å². The molecule has 0 saturated heterocycles. The Labute approximate surface area is 113 Å². The number of aryl methyl sites for hydroxylation is 1. The van der Waals surface area contributed by atoms with Crippen molar-refractivity contribution in [2.45, 2.75) is 45.6 Å². The lowest BCUT2D eigenvalue weighted by atomic mass is 10.0. The van der Waals surface area contributed by atoms with Crippen molar-refractivity contribution in [2.75, 3.05) is 6.54 Å². The van der Waals surface area contributed by atoms with Crippen LogP contribution in [-0.2, 0) is 11.2 Å². The summed E-state index contributed by atoms with van der Waals surface area (Å²) >= 11 is 0. The predicted molar refractivity (Wildman–Crippen MR) is 73.8 cm³/mol. The van der Waals surface area contributed by atoms with Gasteiger partial charge in [-0.2, -0.15) is 0 Å². The van der Waals surface area contributed by atoms with E-state index < -0.39 is 5.97 Å². The molecule has 3 nitrogen and oxygen atoms in total. The Morgan fingerprint density at radius 2 is 2.21 bits per heavy atom. The number of nitrogens with one attached hydrogen (secondary N) is 1. The minimum atomic E-state index is -0.812. The molecule has 1 aromatic carbocycles. The Balaban J connectivity index is 2.63. The van der Waals surface area contributed by atoms with Crippen LogP contribution in [-0.4, -0.2) is 23.7 Å². The molecule has 0 bridgehead atoms. The molecule has 0 amide bonds. The molecule has 4 heteroatoms. The fourth-order valence-corrected chi connectivity index (χ4v) is 2.03. The maximum Gasteiger partial charge on any atom is 0.304 e. The molecule has 0 aliphatic heterocycles. The number of benzene rings is 1. The van der Waals surface area contributed by atoms with Gasteiger partial charge in [-0.25, -0.2) is 4.39 Å². The van der Waals surface area contributed by atoms with Gasteiger partial charge in [-0.05, 0) is 43.5 Å². The van der Waals surface area contributed by atoms with Crippen molar-refractivity contribution in [1.82, 2.24) is 5.32 Å². The fourth-order valence-electron chi connectivity index (χ4n) is 2.03. The van der Waals surface area contributed by atoms with Crippen LogP contribution in [0.15, 0.2) is 18.2 Å². The summed E-state index contributed by atoms with van der Waals surface area (Å²) in [6.07, 6.45) is 2.79. The summed E-state index contributed by atoms with van der Waals surface area (Å²) in [6, 6.07) is 4.84. The van der Waals surface area contributed by atoms with Gasteiger partial charge in [0.2, 0.25) is 0 Å². The van der Waals surface area contributed by atoms with E-state index in [2.05, 4.69) is 12.2 Å². The van der Waals surface area contributed by atoms with Gasteiger partial charge in [0, 0.05) is 6.04 Å². The van der Waals surface area contributed by atoms with Crippen LogP contribution in [0.4, 0.5) is 4.39 Å². The summed E-state index contributed by atoms with van der Waals surface area (Å²) < 4.78 is 13.2. The molecule has 0 aliphatic carbocycles. The number of aliphatic carboxylic acids is 1. The van der Waals surface area contributed by atoms with E-state index in [-0.39, 0.29) is 18.3 Å². The second-order valence-electron chi connectivity index (χ2n) is 4.89. The monoisotopic (exact) mass is 267 g/mol. The first-order valence-electron chi connectivity index (χ1n) is 6.73. The SMILES string of the molecule is CCCCNC(CC(=O)O)Cc1ccc(F)c(C)c1. The molecule has 0 saturated carbocycles. The highest BCUT2D eigenvalue weighted by atomic mass is 19.1. The lowest BCUT2D eigenvalue weighted by Gasteiger charge is -2.17. The van der Waals surface area contributed by atoms with Crippen LogP contribution in [0.1, 0.15) is 37.3 Å². The highest BCUT2D eigenvalue weighted by Gasteiger charge is 2.13. The summed E-state index contributed by atoms with van der Waals surface area (Å²) in [4.78, 5) is 10.9. The molecular weight excluding hydrogens is 245 g/mol. The molecular formula is C15H22FNO2. The first kappa shape index (κ1) is 15.6. The zero-order valence-corrected chi connectivity index (χ0v) is 11.6. The first-order chi connectivity index (χ1) is 9.02. The van der Waals surface area contributed by atoms with Gasteiger partial charge >= 0.3 is 5.97 Å². The molecule has 0 spiro atoms. The number of unbranched alkanes of at least 4 members (excludes halogenated alkanes) is 1. The Kier molecular flexibility index (Phi) is 6.50. The molecule has 0 fully saturated rings. The van der Waals surface area contributed by atoms with Crippen LogP contribution in [0.25, 0.3) is 0 Å². The summed E-state index contributed by atoms with van der Waals surface area (Å²) in [6.45, 7) is 4.63. The van der Waals surface area contributed by atoms with Gasteiger partial charge in [0.1, 0.15) is 5.82 Å². The van der Waals surface area contributed by atoms with E-state index in [1.54, 1.807) is 19.1 Å². The zero-order chi connectivity index (χ0) is 14.3. The van der Waals surface area contributed by atoms with Crippen molar-refractivity contribution in [3.05, 3.63) is 35.1 Å². The van der Waals surface area contributed by atoms with E-state index in [1.807, 2.05) is 0 Å². The molecule has 0 aromatic heterocycles. The third-order valence-electron chi connectivity index (χ3n) is 3.09. The Hall–Kier alpha value is -1.42. The van der Waals surface area contributed by atoms with Gasteiger partial charge < -0.3 is 10.4 Å². The zero-order valence-electron chi connectivity index (χ0n) is 11.6.